The fourth-order valence-corrected chi connectivity index (χ4v) is 2.35. The molecular weight excluding hydrogens is 230 g/mol. The number of hydrogen-bond acceptors (Lipinski definition) is 3. The third kappa shape index (κ3) is 1.96. The van der Waals surface area contributed by atoms with Crippen molar-refractivity contribution in [3.8, 4) is 0 Å². The van der Waals surface area contributed by atoms with Gasteiger partial charge in [0.05, 0.1) is 11.1 Å². The van der Waals surface area contributed by atoms with Gasteiger partial charge in [0.15, 0.2) is 0 Å². The van der Waals surface area contributed by atoms with Crippen LogP contribution in [-0.4, -0.2) is 26.1 Å². The van der Waals surface area contributed by atoms with Crippen molar-refractivity contribution in [1.82, 2.24) is 15.0 Å². The summed E-state index contributed by atoms with van der Waals surface area (Å²) in [5.41, 5.74) is 1.86. The molecule has 0 saturated heterocycles. The average molecular weight is 245 g/mol. The van der Waals surface area contributed by atoms with Crippen LogP contribution in [0.5, 0.6) is 0 Å². The second-order valence-corrected chi connectivity index (χ2v) is 4.91. The summed E-state index contributed by atoms with van der Waals surface area (Å²) in [7, 11) is 0. The Morgan fingerprint density at radius 2 is 2.28 bits per heavy atom. The van der Waals surface area contributed by atoms with Gasteiger partial charge in [-0.2, -0.15) is 0 Å². The Kier molecular flexibility index (Phi) is 2.74. The zero-order chi connectivity index (χ0) is 12.5. The molecular formula is C13H15N3O2. The molecule has 0 unspecified atom stereocenters. The quantitative estimate of drug-likeness (QED) is 0.897. The van der Waals surface area contributed by atoms with Crippen molar-refractivity contribution in [3.63, 3.8) is 0 Å². The summed E-state index contributed by atoms with van der Waals surface area (Å²) in [6.45, 7) is 0.824. The number of aromatic nitrogens is 3. The second-order valence-electron chi connectivity index (χ2n) is 4.91. The number of carboxylic acids is 1. The minimum Gasteiger partial charge on any atom is -0.478 e. The van der Waals surface area contributed by atoms with E-state index >= 15 is 0 Å². The third-order valence-electron chi connectivity index (χ3n) is 3.73. The lowest BCUT2D eigenvalue weighted by molar-refractivity contribution is 0.0697. The van der Waals surface area contributed by atoms with E-state index in [1.807, 2.05) is 4.68 Å². The largest absolute Gasteiger partial charge is 0.478 e. The Hall–Kier alpha value is -1.91. The molecule has 0 amide bonds. The SMILES string of the molecule is O=C(O)c1ccc2nnn(CCC3CCC3)c2c1. The standard InChI is InChI=1S/C13H15N3O2/c17-13(18)10-4-5-11-12(8-10)16(15-14-11)7-6-9-2-1-3-9/h4-5,8-9H,1-3,6-7H2,(H,17,18). The summed E-state index contributed by atoms with van der Waals surface area (Å²) < 4.78 is 1.82. The molecule has 1 aromatic heterocycles. The fourth-order valence-electron chi connectivity index (χ4n) is 2.35. The van der Waals surface area contributed by atoms with Crippen LogP contribution < -0.4 is 0 Å². The number of carbonyl (C=O) groups is 1. The summed E-state index contributed by atoms with van der Waals surface area (Å²) in [6, 6.07) is 4.93. The molecule has 1 saturated carbocycles. The average Bonchev–Trinajstić information content (AvgIpc) is 2.69. The van der Waals surface area contributed by atoms with Crippen LogP contribution in [0.1, 0.15) is 36.0 Å². The minimum atomic E-state index is -0.913. The molecule has 5 heteroatoms. The first kappa shape index (κ1) is 11.2. The van der Waals surface area contributed by atoms with Gasteiger partial charge in [-0.3, -0.25) is 0 Å². The normalized spacial score (nSPS) is 15.8. The number of aryl methyl sites for hydroxylation is 1. The van der Waals surface area contributed by atoms with Gasteiger partial charge in [-0.05, 0) is 30.5 Å². The van der Waals surface area contributed by atoms with Crippen LogP contribution in [0.2, 0.25) is 0 Å². The summed E-state index contributed by atoms with van der Waals surface area (Å²) in [4.78, 5) is 10.9. The monoisotopic (exact) mass is 245 g/mol. The van der Waals surface area contributed by atoms with Crippen molar-refractivity contribution in [2.75, 3.05) is 0 Å². The van der Waals surface area contributed by atoms with Crippen molar-refractivity contribution in [1.29, 1.82) is 0 Å². The van der Waals surface area contributed by atoms with Crippen LogP contribution in [0.4, 0.5) is 0 Å². The zero-order valence-corrected chi connectivity index (χ0v) is 10.0. The summed E-state index contributed by atoms with van der Waals surface area (Å²) in [5, 5.41) is 17.1. The predicted octanol–water partition coefficient (Wildman–Crippen LogP) is 2.32. The number of aromatic carboxylic acids is 1. The number of rotatable bonds is 4. The van der Waals surface area contributed by atoms with E-state index in [2.05, 4.69) is 10.3 Å². The molecule has 3 rings (SSSR count). The lowest BCUT2D eigenvalue weighted by Gasteiger charge is -2.24. The Morgan fingerprint density at radius 1 is 1.44 bits per heavy atom. The van der Waals surface area contributed by atoms with Crippen LogP contribution >= 0.6 is 0 Å². The smallest absolute Gasteiger partial charge is 0.335 e. The van der Waals surface area contributed by atoms with Crippen molar-refractivity contribution in [3.05, 3.63) is 23.8 Å². The minimum absolute atomic E-state index is 0.287. The number of carboxylic acid groups (broad SMARTS) is 1. The molecule has 0 aliphatic heterocycles. The molecule has 94 valence electrons. The molecule has 2 aromatic rings. The van der Waals surface area contributed by atoms with Crippen molar-refractivity contribution < 1.29 is 9.90 Å². The molecule has 1 aliphatic carbocycles. The molecule has 1 aromatic carbocycles. The molecule has 1 fully saturated rings. The maximum absolute atomic E-state index is 10.9. The highest BCUT2D eigenvalue weighted by molar-refractivity contribution is 5.92. The number of benzene rings is 1. The Morgan fingerprint density at radius 3 is 2.94 bits per heavy atom. The van der Waals surface area contributed by atoms with Crippen molar-refractivity contribution in [2.24, 2.45) is 5.92 Å². The van der Waals surface area contributed by atoms with Gasteiger partial charge in [0.2, 0.25) is 0 Å². The Labute approximate surface area is 104 Å². The maximum atomic E-state index is 10.9. The van der Waals surface area contributed by atoms with E-state index in [-0.39, 0.29) is 5.56 Å². The van der Waals surface area contributed by atoms with Gasteiger partial charge in [0.1, 0.15) is 5.52 Å². The van der Waals surface area contributed by atoms with Crippen LogP contribution in [0, 0.1) is 5.92 Å². The van der Waals surface area contributed by atoms with Crippen LogP contribution in [0.15, 0.2) is 18.2 Å². The first-order valence-corrected chi connectivity index (χ1v) is 6.30. The summed E-state index contributed by atoms with van der Waals surface area (Å²) >= 11 is 0. The highest BCUT2D eigenvalue weighted by Gasteiger charge is 2.18. The van der Waals surface area contributed by atoms with Gasteiger partial charge in [-0.25, -0.2) is 9.48 Å². The van der Waals surface area contributed by atoms with E-state index < -0.39 is 5.97 Å². The van der Waals surface area contributed by atoms with Gasteiger partial charge in [-0.15, -0.1) is 5.10 Å². The Bertz CT molecular complexity index is 587. The van der Waals surface area contributed by atoms with Gasteiger partial charge >= 0.3 is 5.97 Å². The topological polar surface area (TPSA) is 68.0 Å². The lowest BCUT2D eigenvalue weighted by Crippen LogP contribution is -2.14. The zero-order valence-electron chi connectivity index (χ0n) is 10.0. The summed E-state index contributed by atoms with van der Waals surface area (Å²) in [5.74, 6) is -0.101. The fraction of sp³-hybridized carbons (Fsp3) is 0.462. The van der Waals surface area contributed by atoms with Gasteiger partial charge in [0, 0.05) is 6.54 Å². The van der Waals surface area contributed by atoms with E-state index in [1.54, 1.807) is 18.2 Å². The molecule has 0 radical (unpaired) electrons. The van der Waals surface area contributed by atoms with Crippen LogP contribution in [0.25, 0.3) is 11.0 Å². The molecule has 1 heterocycles. The van der Waals surface area contributed by atoms with E-state index in [1.165, 1.54) is 19.3 Å². The molecule has 0 spiro atoms. The molecule has 1 aliphatic rings. The van der Waals surface area contributed by atoms with Gasteiger partial charge in [-0.1, -0.05) is 24.5 Å². The highest BCUT2D eigenvalue weighted by atomic mass is 16.4. The third-order valence-corrected chi connectivity index (χ3v) is 3.73. The lowest BCUT2D eigenvalue weighted by atomic mass is 9.83. The van der Waals surface area contributed by atoms with E-state index in [4.69, 9.17) is 5.11 Å². The molecule has 1 N–H and O–H groups in total. The summed E-state index contributed by atoms with van der Waals surface area (Å²) in [6.07, 6.45) is 5.07. The van der Waals surface area contributed by atoms with Crippen molar-refractivity contribution in [2.45, 2.75) is 32.2 Å². The van der Waals surface area contributed by atoms with Gasteiger partial charge in [0.25, 0.3) is 0 Å². The van der Waals surface area contributed by atoms with Crippen molar-refractivity contribution >= 4 is 17.0 Å². The highest BCUT2D eigenvalue weighted by Crippen LogP contribution is 2.30. The maximum Gasteiger partial charge on any atom is 0.335 e. The van der Waals surface area contributed by atoms with E-state index in [0.717, 1.165) is 29.9 Å². The number of nitrogens with zero attached hydrogens (tertiary/aromatic N) is 3. The molecule has 0 atom stereocenters. The van der Waals surface area contributed by atoms with Crippen LogP contribution in [0.3, 0.4) is 0 Å². The predicted molar refractivity (Wildman–Crippen MR) is 66.4 cm³/mol. The molecule has 0 bridgehead atoms. The number of fused-ring (bicyclic) bond motifs is 1. The Balaban J connectivity index is 1.86. The van der Waals surface area contributed by atoms with E-state index in [0.29, 0.717) is 0 Å². The van der Waals surface area contributed by atoms with Crippen LogP contribution in [-0.2, 0) is 6.54 Å². The van der Waals surface area contributed by atoms with Gasteiger partial charge < -0.3 is 5.11 Å². The first-order chi connectivity index (χ1) is 8.74. The van der Waals surface area contributed by atoms with E-state index in [9.17, 15) is 4.79 Å². The number of hydrogen-bond donors (Lipinski definition) is 1. The second kappa shape index (κ2) is 4.40. The first-order valence-electron chi connectivity index (χ1n) is 6.30. The molecule has 5 nitrogen and oxygen atoms in total. The molecule has 18 heavy (non-hydrogen) atoms.